The van der Waals surface area contributed by atoms with Crippen LogP contribution in [-0.4, -0.2) is 17.4 Å². The van der Waals surface area contributed by atoms with E-state index in [2.05, 4.69) is 22.5 Å². The number of carbonyl (C=O) groups excluding carboxylic acids is 1. The van der Waals surface area contributed by atoms with Crippen molar-refractivity contribution in [2.75, 3.05) is 11.9 Å². The third-order valence-corrected chi connectivity index (χ3v) is 2.77. The first-order chi connectivity index (χ1) is 9.31. The van der Waals surface area contributed by atoms with E-state index in [0.717, 1.165) is 24.3 Å². The molecule has 2 N–H and O–H groups in total. The number of para-hydroxylation sites is 1. The van der Waals surface area contributed by atoms with Gasteiger partial charge in [0.05, 0.1) is 0 Å². The van der Waals surface area contributed by atoms with E-state index in [9.17, 15) is 4.79 Å². The zero-order chi connectivity index (χ0) is 13.5. The van der Waals surface area contributed by atoms with E-state index in [4.69, 9.17) is 0 Å². The Hall–Kier alpha value is -2.20. The molecular formula is C15H17N3O. The molecule has 1 aromatic heterocycles. The van der Waals surface area contributed by atoms with Crippen LogP contribution in [0.4, 0.5) is 5.69 Å². The van der Waals surface area contributed by atoms with Crippen LogP contribution in [0, 0.1) is 0 Å². The molecule has 0 aliphatic heterocycles. The molecule has 0 saturated heterocycles. The molecule has 1 aromatic carbocycles. The Bertz CT molecular complexity index is 540. The summed E-state index contributed by atoms with van der Waals surface area (Å²) in [5, 5.41) is 6.19. The lowest BCUT2D eigenvalue weighted by Crippen LogP contribution is -2.17. The Kier molecular flexibility index (Phi) is 4.64. The van der Waals surface area contributed by atoms with Crippen LogP contribution < -0.4 is 10.6 Å². The normalized spacial score (nSPS) is 10.2. The molecule has 0 radical (unpaired) electrons. The highest BCUT2D eigenvalue weighted by molar-refractivity contribution is 6.04. The summed E-state index contributed by atoms with van der Waals surface area (Å²) < 4.78 is 0. The molecule has 0 spiro atoms. The molecule has 0 fully saturated rings. The van der Waals surface area contributed by atoms with Gasteiger partial charge in [0.15, 0.2) is 0 Å². The zero-order valence-corrected chi connectivity index (χ0v) is 10.9. The van der Waals surface area contributed by atoms with Crippen LogP contribution >= 0.6 is 0 Å². The summed E-state index contributed by atoms with van der Waals surface area (Å²) in [6, 6.07) is 11.2. The number of hydrogen-bond acceptors (Lipinski definition) is 3. The van der Waals surface area contributed by atoms with Crippen molar-refractivity contribution in [3.05, 3.63) is 59.9 Å². The molecule has 98 valence electrons. The summed E-state index contributed by atoms with van der Waals surface area (Å²) in [7, 11) is 0. The number of nitrogens with one attached hydrogen (secondary N) is 2. The van der Waals surface area contributed by atoms with Crippen molar-refractivity contribution in [2.24, 2.45) is 0 Å². The van der Waals surface area contributed by atoms with E-state index in [1.165, 1.54) is 0 Å². The van der Waals surface area contributed by atoms with Gasteiger partial charge in [-0.2, -0.15) is 0 Å². The maximum Gasteiger partial charge on any atom is 0.255 e. The summed E-state index contributed by atoms with van der Waals surface area (Å²) in [6.07, 6.45) is 3.22. The van der Waals surface area contributed by atoms with Crippen LogP contribution in [0.15, 0.2) is 48.8 Å². The number of hydrogen-bond donors (Lipinski definition) is 2. The van der Waals surface area contributed by atoms with Crippen molar-refractivity contribution < 1.29 is 4.79 Å². The number of rotatable bonds is 5. The number of amides is 1. The van der Waals surface area contributed by atoms with Crippen LogP contribution in [0.2, 0.25) is 0 Å². The quantitative estimate of drug-likeness (QED) is 0.862. The standard InChI is InChI=1S/C15H17N3O/c1-2-16-11-13-5-3-4-6-14(13)18-15(19)12-7-9-17-10-8-12/h3-10,16H,2,11H2,1H3,(H,18,19). The second-order valence-corrected chi connectivity index (χ2v) is 4.13. The summed E-state index contributed by atoms with van der Waals surface area (Å²) >= 11 is 0. The van der Waals surface area contributed by atoms with Gasteiger partial charge < -0.3 is 10.6 Å². The van der Waals surface area contributed by atoms with Crippen LogP contribution in [0.5, 0.6) is 0 Å². The lowest BCUT2D eigenvalue weighted by molar-refractivity contribution is 0.102. The second kappa shape index (κ2) is 6.66. The summed E-state index contributed by atoms with van der Waals surface area (Å²) in [5.74, 6) is -0.119. The highest BCUT2D eigenvalue weighted by atomic mass is 16.1. The van der Waals surface area contributed by atoms with E-state index >= 15 is 0 Å². The van der Waals surface area contributed by atoms with Crippen molar-refractivity contribution >= 4 is 11.6 Å². The van der Waals surface area contributed by atoms with E-state index in [1.807, 2.05) is 24.3 Å². The molecule has 19 heavy (non-hydrogen) atoms. The van der Waals surface area contributed by atoms with Gasteiger partial charge in [0.25, 0.3) is 5.91 Å². The lowest BCUT2D eigenvalue weighted by atomic mass is 10.1. The molecule has 2 rings (SSSR count). The second-order valence-electron chi connectivity index (χ2n) is 4.13. The smallest absolute Gasteiger partial charge is 0.255 e. The Morgan fingerprint density at radius 2 is 1.89 bits per heavy atom. The first kappa shape index (κ1) is 13.2. The number of benzene rings is 1. The van der Waals surface area contributed by atoms with Crippen molar-refractivity contribution in [1.29, 1.82) is 0 Å². The molecule has 1 amide bonds. The van der Waals surface area contributed by atoms with Crippen LogP contribution in [-0.2, 0) is 6.54 Å². The van der Waals surface area contributed by atoms with Gasteiger partial charge in [-0.05, 0) is 30.3 Å². The molecule has 0 unspecified atom stereocenters. The Balaban J connectivity index is 2.12. The molecule has 0 aliphatic rings. The number of nitrogens with zero attached hydrogens (tertiary/aromatic N) is 1. The van der Waals surface area contributed by atoms with E-state index in [-0.39, 0.29) is 5.91 Å². The molecule has 4 heteroatoms. The predicted molar refractivity (Wildman–Crippen MR) is 76.0 cm³/mol. The molecule has 2 aromatic rings. The van der Waals surface area contributed by atoms with Gasteiger partial charge in [0.1, 0.15) is 0 Å². The van der Waals surface area contributed by atoms with Gasteiger partial charge in [-0.1, -0.05) is 25.1 Å². The average Bonchev–Trinajstić information content (AvgIpc) is 2.47. The molecule has 4 nitrogen and oxygen atoms in total. The minimum absolute atomic E-state index is 0.119. The molecule has 0 bridgehead atoms. The fourth-order valence-electron chi connectivity index (χ4n) is 1.75. The Labute approximate surface area is 112 Å². The largest absolute Gasteiger partial charge is 0.322 e. The zero-order valence-electron chi connectivity index (χ0n) is 10.9. The summed E-state index contributed by atoms with van der Waals surface area (Å²) in [4.78, 5) is 16.0. The van der Waals surface area contributed by atoms with Crippen molar-refractivity contribution in [3.63, 3.8) is 0 Å². The van der Waals surface area contributed by atoms with Crippen LogP contribution in [0.25, 0.3) is 0 Å². The van der Waals surface area contributed by atoms with E-state index in [1.54, 1.807) is 24.5 Å². The maximum absolute atomic E-state index is 12.1. The van der Waals surface area contributed by atoms with Gasteiger partial charge in [-0.3, -0.25) is 9.78 Å². The molecular weight excluding hydrogens is 238 g/mol. The lowest BCUT2D eigenvalue weighted by Gasteiger charge is -2.11. The highest BCUT2D eigenvalue weighted by Gasteiger charge is 2.08. The maximum atomic E-state index is 12.1. The highest BCUT2D eigenvalue weighted by Crippen LogP contribution is 2.15. The van der Waals surface area contributed by atoms with Gasteiger partial charge in [-0.25, -0.2) is 0 Å². The van der Waals surface area contributed by atoms with Crippen LogP contribution in [0.3, 0.4) is 0 Å². The van der Waals surface area contributed by atoms with Gasteiger partial charge >= 0.3 is 0 Å². The van der Waals surface area contributed by atoms with E-state index in [0.29, 0.717) is 5.56 Å². The third-order valence-electron chi connectivity index (χ3n) is 2.77. The van der Waals surface area contributed by atoms with Crippen molar-refractivity contribution in [3.8, 4) is 0 Å². The Morgan fingerprint density at radius 3 is 2.63 bits per heavy atom. The van der Waals surface area contributed by atoms with E-state index < -0.39 is 0 Å². The molecule has 0 atom stereocenters. The number of pyridine rings is 1. The molecule has 0 aliphatic carbocycles. The van der Waals surface area contributed by atoms with Crippen molar-refractivity contribution in [2.45, 2.75) is 13.5 Å². The first-order valence-electron chi connectivity index (χ1n) is 6.31. The fraction of sp³-hybridized carbons (Fsp3) is 0.200. The Morgan fingerprint density at radius 1 is 1.16 bits per heavy atom. The monoisotopic (exact) mass is 255 g/mol. The van der Waals surface area contributed by atoms with Crippen LogP contribution in [0.1, 0.15) is 22.8 Å². The summed E-state index contributed by atoms with van der Waals surface area (Å²) in [5.41, 5.74) is 2.52. The number of carbonyl (C=O) groups is 1. The number of anilines is 1. The van der Waals surface area contributed by atoms with Gasteiger partial charge in [-0.15, -0.1) is 0 Å². The fourth-order valence-corrected chi connectivity index (χ4v) is 1.75. The first-order valence-corrected chi connectivity index (χ1v) is 6.31. The molecule has 1 heterocycles. The third kappa shape index (κ3) is 3.63. The minimum Gasteiger partial charge on any atom is -0.322 e. The minimum atomic E-state index is -0.119. The number of aromatic nitrogens is 1. The van der Waals surface area contributed by atoms with Crippen molar-refractivity contribution in [1.82, 2.24) is 10.3 Å². The van der Waals surface area contributed by atoms with Gasteiger partial charge in [0.2, 0.25) is 0 Å². The van der Waals surface area contributed by atoms with Gasteiger partial charge in [0, 0.05) is 30.2 Å². The molecule has 0 saturated carbocycles. The SMILES string of the molecule is CCNCc1ccccc1NC(=O)c1ccncc1. The predicted octanol–water partition coefficient (Wildman–Crippen LogP) is 2.44. The summed E-state index contributed by atoms with van der Waals surface area (Å²) in [6.45, 7) is 3.69. The topological polar surface area (TPSA) is 54.0 Å². The average molecular weight is 255 g/mol.